The lowest BCUT2D eigenvalue weighted by atomic mass is 10.2. The molecule has 0 aliphatic carbocycles. The van der Waals surface area contributed by atoms with Gasteiger partial charge in [-0.1, -0.05) is 39.7 Å². The molecule has 0 fully saturated rings. The molecule has 1 N–H and O–H groups in total. The quantitative estimate of drug-likeness (QED) is 0.287. The Balaban J connectivity index is 1.67. The van der Waals surface area contributed by atoms with Crippen molar-refractivity contribution in [3.05, 3.63) is 68.3 Å². The van der Waals surface area contributed by atoms with Gasteiger partial charge in [-0.2, -0.15) is 0 Å². The molecule has 3 aromatic rings. The van der Waals surface area contributed by atoms with E-state index >= 15 is 0 Å². The molecule has 0 spiro atoms. The van der Waals surface area contributed by atoms with E-state index < -0.39 is 4.92 Å². The summed E-state index contributed by atoms with van der Waals surface area (Å²) in [5.41, 5.74) is 1.25. The highest BCUT2D eigenvalue weighted by atomic mass is 79.9. The first-order valence-electron chi connectivity index (χ1n) is 7.86. The van der Waals surface area contributed by atoms with Crippen molar-refractivity contribution in [1.29, 1.82) is 0 Å². The van der Waals surface area contributed by atoms with E-state index in [1.54, 1.807) is 18.3 Å². The van der Waals surface area contributed by atoms with Crippen molar-refractivity contribution in [2.24, 2.45) is 0 Å². The van der Waals surface area contributed by atoms with E-state index in [9.17, 15) is 14.9 Å². The first-order chi connectivity index (χ1) is 13.0. The molecular weight excluding hydrogens is 454 g/mol. The average Bonchev–Trinajstić information content (AvgIpc) is 2.65. The van der Waals surface area contributed by atoms with Crippen molar-refractivity contribution in [2.75, 3.05) is 11.1 Å². The van der Waals surface area contributed by atoms with Gasteiger partial charge in [0.05, 0.1) is 21.2 Å². The third kappa shape index (κ3) is 4.58. The molecule has 2 aromatic carbocycles. The molecule has 0 bridgehead atoms. The lowest BCUT2D eigenvalue weighted by Crippen LogP contribution is -2.12. The molecule has 0 saturated carbocycles. The zero-order chi connectivity index (χ0) is 19.4. The Morgan fingerprint density at radius 2 is 2.07 bits per heavy atom. The smallest absolute Gasteiger partial charge is 0.284 e. The van der Waals surface area contributed by atoms with Gasteiger partial charge in [-0.05, 0) is 24.3 Å². The lowest BCUT2D eigenvalue weighted by Gasteiger charge is -2.09. The minimum Gasteiger partial charge on any atom is -0.324 e. The second kappa shape index (κ2) is 8.69. The van der Waals surface area contributed by atoms with E-state index in [1.807, 2.05) is 18.2 Å². The van der Waals surface area contributed by atoms with Crippen LogP contribution in [0, 0.1) is 10.1 Å². The first-order valence-corrected chi connectivity index (χ1v) is 10.0. The molecule has 138 valence electrons. The van der Waals surface area contributed by atoms with E-state index in [-0.39, 0.29) is 18.0 Å². The van der Waals surface area contributed by atoms with Crippen LogP contribution >= 0.6 is 39.3 Å². The second-order valence-electron chi connectivity index (χ2n) is 5.49. The highest BCUT2D eigenvalue weighted by Gasteiger charge is 2.17. The molecule has 0 unspecified atom stereocenters. The molecule has 6 nitrogen and oxygen atoms in total. The fourth-order valence-corrected chi connectivity index (χ4v) is 4.25. The third-order valence-electron chi connectivity index (χ3n) is 3.71. The van der Waals surface area contributed by atoms with Crippen molar-refractivity contribution < 1.29 is 9.72 Å². The van der Waals surface area contributed by atoms with Gasteiger partial charge in [0.15, 0.2) is 0 Å². The van der Waals surface area contributed by atoms with Crippen LogP contribution in [-0.4, -0.2) is 21.6 Å². The number of aromatic nitrogens is 1. The van der Waals surface area contributed by atoms with Crippen LogP contribution in [0.4, 0.5) is 11.4 Å². The van der Waals surface area contributed by atoms with Gasteiger partial charge < -0.3 is 5.32 Å². The number of amides is 1. The molecule has 27 heavy (non-hydrogen) atoms. The Morgan fingerprint density at radius 1 is 1.26 bits per heavy atom. The predicted octanol–water partition coefficient (Wildman–Crippen LogP) is 5.68. The maximum atomic E-state index is 12.3. The molecule has 3 rings (SSSR count). The van der Waals surface area contributed by atoms with Crippen molar-refractivity contribution >= 4 is 67.5 Å². The van der Waals surface area contributed by atoms with E-state index in [1.165, 1.54) is 23.9 Å². The molecule has 0 aliphatic heterocycles. The molecular formula is C18H13BrClN3O3S. The molecule has 1 aromatic heterocycles. The zero-order valence-corrected chi connectivity index (χ0v) is 17.0. The number of halogens is 2. The minimum atomic E-state index is -0.478. The first kappa shape index (κ1) is 19.6. The summed E-state index contributed by atoms with van der Waals surface area (Å²) in [5.74, 6) is 0.157. The summed E-state index contributed by atoms with van der Waals surface area (Å²) in [5, 5.41) is 15.2. The van der Waals surface area contributed by atoms with Crippen LogP contribution in [0.2, 0.25) is 5.02 Å². The zero-order valence-electron chi connectivity index (χ0n) is 13.8. The highest BCUT2D eigenvalue weighted by molar-refractivity contribution is 9.10. The lowest BCUT2D eigenvalue weighted by molar-refractivity contribution is -0.387. The molecule has 0 radical (unpaired) electrons. The number of hydrogen-bond donors (Lipinski definition) is 1. The van der Waals surface area contributed by atoms with E-state index in [4.69, 9.17) is 11.6 Å². The van der Waals surface area contributed by atoms with Crippen LogP contribution in [-0.2, 0) is 4.79 Å². The number of fused-ring (bicyclic) bond motifs is 1. The maximum Gasteiger partial charge on any atom is 0.284 e. The normalized spacial score (nSPS) is 10.7. The summed E-state index contributed by atoms with van der Waals surface area (Å²) in [6.45, 7) is 0. The van der Waals surface area contributed by atoms with Gasteiger partial charge in [0.25, 0.3) is 5.69 Å². The van der Waals surface area contributed by atoms with Crippen LogP contribution in [0.5, 0.6) is 0 Å². The Bertz CT molecular complexity index is 1030. The van der Waals surface area contributed by atoms with E-state index in [2.05, 4.69) is 26.2 Å². The summed E-state index contributed by atoms with van der Waals surface area (Å²) in [7, 11) is 0. The number of carbonyl (C=O) groups excluding carboxylic acids is 1. The largest absolute Gasteiger partial charge is 0.324 e. The Labute approximate surface area is 172 Å². The van der Waals surface area contributed by atoms with Crippen LogP contribution in [0.3, 0.4) is 0 Å². The van der Waals surface area contributed by atoms with Gasteiger partial charge in [-0.3, -0.25) is 19.9 Å². The number of hydrogen-bond acceptors (Lipinski definition) is 5. The van der Waals surface area contributed by atoms with E-state index in [0.717, 1.165) is 9.86 Å². The summed E-state index contributed by atoms with van der Waals surface area (Å²) >= 11 is 10.7. The number of pyridine rings is 1. The molecule has 0 atom stereocenters. The SMILES string of the molecule is O=C(CCSc1c(Cl)cccc1[N+](=O)[O-])Nc1ccc(Br)c2cccnc12. The van der Waals surface area contributed by atoms with Crippen LogP contribution in [0.15, 0.2) is 58.0 Å². The van der Waals surface area contributed by atoms with E-state index in [0.29, 0.717) is 26.9 Å². The van der Waals surface area contributed by atoms with Gasteiger partial charge in [0.2, 0.25) is 5.91 Å². The third-order valence-corrected chi connectivity index (χ3v) is 5.95. The molecule has 1 heterocycles. The predicted molar refractivity (Wildman–Crippen MR) is 112 cm³/mol. The fraction of sp³-hybridized carbons (Fsp3) is 0.111. The summed E-state index contributed by atoms with van der Waals surface area (Å²) in [6, 6.07) is 11.9. The number of rotatable bonds is 6. The number of nitro benzene ring substituents is 1. The number of nitro groups is 1. The summed E-state index contributed by atoms with van der Waals surface area (Å²) in [4.78, 5) is 27.6. The van der Waals surface area contributed by atoms with Crippen molar-refractivity contribution in [3.8, 4) is 0 Å². The van der Waals surface area contributed by atoms with Gasteiger partial charge in [0, 0.05) is 34.3 Å². The van der Waals surface area contributed by atoms with Crippen molar-refractivity contribution in [1.82, 2.24) is 4.98 Å². The molecule has 9 heteroatoms. The van der Waals surface area contributed by atoms with Crippen LogP contribution in [0.25, 0.3) is 10.9 Å². The minimum absolute atomic E-state index is 0.0592. The topological polar surface area (TPSA) is 85.1 Å². The van der Waals surface area contributed by atoms with Crippen molar-refractivity contribution in [2.45, 2.75) is 11.3 Å². The number of carbonyl (C=O) groups is 1. The number of anilines is 1. The standard InChI is InChI=1S/C18H13BrClN3O3S/c19-12-6-7-14(17-11(12)3-2-9-21-17)22-16(24)8-10-27-18-13(20)4-1-5-15(18)23(25)26/h1-7,9H,8,10H2,(H,22,24). The van der Waals surface area contributed by atoms with Gasteiger partial charge in [-0.25, -0.2) is 0 Å². The summed E-state index contributed by atoms with van der Waals surface area (Å²) < 4.78 is 0.894. The Hall–Kier alpha value is -2.16. The average molecular weight is 467 g/mol. The van der Waals surface area contributed by atoms with Crippen LogP contribution in [0.1, 0.15) is 6.42 Å². The number of thioether (sulfide) groups is 1. The number of benzene rings is 2. The number of nitrogens with one attached hydrogen (secondary N) is 1. The number of nitrogens with zero attached hydrogens (tertiary/aromatic N) is 2. The van der Waals surface area contributed by atoms with Crippen LogP contribution < -0.4 is 5.32 Å². The van der Waals surface area contributed by atoms with Gasteiger partial charge in [0.1, 0.15) is 4.90 Å². The maximum absolute atomic E-state index is 12.3. The van der Waals surface area contributed by atoms with Gasteiger partial charge >= 0.3 is 0 Å². The second-order valence-corrected chi connectivity index (χ2v) is 7.85. The summed E-state index contributed by atoms with van der Waals surface area (Å²) in [6.07, 6.45) is 1.84. The Morgan fingerprint density at radius 3 is 2.85 bits per heavy atom. The molecule has 1 amide bonds. The highest BCUT2D eigenvalue weighted by Crippen LogP contribution is 2.36. The monoisotopic (exact) mass is 465 g/mol. The molecule has 0 aliphatic rings. The molecule has 0 saturated heterocycles. The van der Waals surface area contributed by atoms with Crippen molar-refractivity contribution in [3.63, 3.8) is 0 Å². The van der Waals surface area contributed by atoms with Gasteiger partial charge in [-0.15, -0.1) is 11.8 Å². The fourth-order valence-electron chi connectivity index (χ4n) is 2.48. The Kier molecular flexibility index (Phi) is 6.30.